The van der Waals surface area contributed by atoms with Crippen molar-refractivity contribution in [3.05, 3.63) is 53.3 Å². The fourth-order valence-electron chi connectivity index (χ4n) is 4.28. The highest BCUT2D eigenvalue weighted by Crippen LogP contribution is 2.35. The maximum Gasteiger partial charge on any atom is 0.231 e. The van der Waals surface area contributed by atoms with Gasteiger partial charge in [0.2, 0.25) is 6.79 Å². The molecule has 3 heterocycles. The van der Waals surface area contributed by atoms with Gasteiger partial charge in [-0.25, -0.2) is 0 Å². The van der Waals surface area contributed by atoms with Crippen molar-refractivity contribution in [2.75, 3.05) is 26.4 Å². The second-order valence-electron chi connectivity index (χ2n) is 8.71. The molecule has 0 unspecified atom stereocenters. The molecule has 1 saturated heterocycles. The number of benzene rings is 1. The molecule has 0 spiro atoms. The fourth-order valence-corrected chi connectivity index (χ4v) is 4.28. The van der Waals surface area contributed by atoms with Crippen molar-refractivity contribution in [2.24, 2.45) is 5.41 Å². The Morgan fingerprint density at radius 1 is 1.21 bits per heavy atom. The summed E-state index contributed by atoms with van der Waals surface area (Å²) in [6.07, 6.45) is 5.47. The van der Waals surface area contributed by atoms with E-state index in [1.807, 2.05) is 18.3 Å². The van der Waals surface area contributed by atoms with E-state index in [9.17, 15) is 0 Å². The highest BCUT2D eigenvalue weighted by atomic mass is 16.7. The molecule has 0 radical (unpaired) electrons. The molecule has 0 saturated carbocycles. The normalized spacial score (nSPS) is 18.4. The summed E-state index contributed by atoms with van der Waals surface area (Å²) < 4.78 is 11.0. The second kappa shape index (κ2) is 8.50. The fraction of sp³-hybridized carbons (Fsp3) is 0.522. The maximum absolute atomic E-state index is 5.58. The molecule has 2 aromatic rings. The Kier molecular flexibility index (Phi) is 5.83. The van der Waals surface area contributed by atoms with Crippen LogP contribution >= 0.6 is 0 Å². The number of nitrogens with one attached hydrogen (secondary N) is 1. The van der Waals surface area contributed by atoms with E-state index >= 15 is 0 Å². The van der Waals surface area contributed by atoms with Gasteiger partial charge in [-0.1, -0.05) is 26.0 Å². The molecular formula is C23H31N3O2. The summed E-state index contributed by atoms with van der Waals surface area (Å²) in [7, 11) is 0. The quantitative estimate of drug-likeness (QED) is 0.740. The summed E-state index contributed by atoms with van der Waals surface area (Å²) in [5.41, 5.74) is 4.08. The molecule has 0 aliphatic carbocycles. The standard InChI is InChI=1S/C23H31N3O2/c1-23(2)9-4-12-26(16-23)15-20-13-18(7-11-25-20)14-24-10-8-19-5-3-6-21-22(19)28-17-27-21/h3,5-7,11,13,24H,4,8-10,12,14-17H2,1-2H3. The van der Waals surface area contributed by atoms with Crippen molar-refractivity contribution >= 4 is 0 Å². The Hall–Kier alpha value is -2.11. The summed E-state index contributed by atoms with van der Waals surface area (Å²) in [4.78, 5) is 7.14. The molecule has 2 aliphatic rings. The molecule has 5 nitrogen and oxygen atoms in total. The van der Waals surface area contributed by atoms with Crippen LogP contribution in [0.1, 0.15) is 43.5 Å². The molecule has 150 valence electrons. The smallest absolute Gasteiger partial charge is 0.231 e. The number of para-hydroxylation sites is 1. The van der Waals surface area contributed by atoms with Gasteiger partial charge < -0.3 is 14.8 Å². The summed E-state index contributed by atoms with van der Waals surface area (Å²) in [5, 5.41) is 3.55. The van der Waals surface area contributed by atoms with Crippen LogP contribution in [0.5, 0.6) is 11.5 Å². The number of ether oxygens (including phenoxy) is 2. The largest absolute Gasteiger partial charge is 0.454 e. The van der Waals surface area contributed by atoms with Gasteiger partial charge in [0.05, 0.1) is 5.69 Å². The predicted molar refractivity (Wildman–Crippen MR) is 111 cm³/mol. The Balaban J connectivity index is 1.27. The highest BCUT2D eigenvalue weighted by molar-refractivity contribution is 5.48. The van der Waals surface area contributed by atoms with Crippen LogP contribution in [0.15, 0.2) is 36.5 Å². The number of rotatable bonds is 7. The van der Waals surface area contributed by atoms with Crippen LogP contribution in [0.2, 0.25) is 0 Å². The van der Waals surface area contributed by atoms with E-state index < -0.39 is 0 Å². The molecule has 4 rings (SSSR count). The summed E-state index contributed by atoms with van der Waals surface area (Å²) in [6.45, 7) is 10.1. The molecule has 2 aliphatic heterocycles. The van der Waals surface area contributed by atoms with Crippen LogP contribution in [0.4, 0.5) is 0 Å². The van der Waals surface area contributed by atoms with E-state index in [0.29, 0.717) is 12.2 Å². The summed E-state index contributed by atoms with van der Waals surface area (Å²) in [5.74, 6) is 1.76. The molecular weight excluding hydrogens is 350 g/mol. The Morgan fingerprint density at radius 2 is 2.14 bits per heavy atom. The van der Waals surface area contributed by atoms with Crippen LogP contribution in [-0.2, 0) is 19.5 Å². The highest BCUT2D eigenvalue weighted by Gasteiger charge is 2.26. The van der Waals surface area contributed by atoms with E-state index in [0.717, 1.165) is 44.1 Å². The molecule has 28 heavy (non-hydrogen) atoms. The van der Waals surface area contributed by atoms with Gasteiger partial charge in [-0.2, -0.15) is 0 Å². The molecule has 1 N–H and O–H groups in total. The Morgan fingerprint density at radius 3 is 3.04 bits per heavy atom. The summed E-state index contributed by atoms with van der Waals surface area (Å²) in [6, 6.07) is 10.4. The number of piperidine rings is 1. The predicted octanol–water partition coefficient (Wildman–Crippen LogP) is 3.76. The summed E-state index contributed by atoms with van der Waals surface area (Å²) >= 11 is 0. The lowest BCUT2D eigenvalue weighted by atomic mass is 9.84. The van der Waals surface area contributed by atoms with Crippen molar-refractivity contribution < 1.29 is 9.47 Å². The number of nitrogens with zero attached hydrogens (tertiary/aromatic N) is 2. The van der Waals surface area contributed by atoms with Gasteiger partial charge in [-0.3, -0.25) is 9.88 Å². The minimum Gasteiger partial charge on any atom is -0.454 e. The van der Waals surface area contributed by atoms with Crippen LogP contribution in [0, 0.1) is 5.41 Å². The van der Waals surface area contributed by atoms with Crippen molar-refractivity contribution in [2.45, 2.75) is 46.2 Å². The lowest BCUT2D eigenvalue weighted by Crippen LogP contribution is -2.39. The van der Waals surface area contributed by atoms with E-state index in [4.69, 9.17) is 9.47 Å². The van der Waals surface area contributed by atoms with E-state index in [-0.39, 0.29) is 0 Å². The van der Waals surface area contributed by atoms with Gasteiger partial charge in [0.25, 0.3) is 0 Å². The first kappa shape index (κ1) is 19.2. The third kappa shape index (κ3) is 4.83. The van der Waals surface area contributed by atoms with E-state index in [1.165, 1.54) is 36.2 Å². The zero-order valence-electron chi connectivity index (χ0n) is 17.0. The average molecular weight is 382 g/mol. The molecule has 5 heteroatoms. The van der Waals surface area contributed by atoms with Crippen molar-refractivity contribution in [3.63, 3.8) is 0 Å². The zero-order valence-corrected chi connectivity index (χ0v) is 17.0. The molecule has 1 fully saturated rings. The van der Waals surface area contributed by atoms with Crippen LogP contribution < -0.4 is 14.8 Å². The minimum atomic E-state index is 0.327. The molecule has 1 aromatic heterocycles. The molecule has 0 atom stereocenters. The van der Waals surface area contributed by atoms with Crippen LogP contribution in [-0.4, -0.2) is 36.3 Å². The Labute approximate surface area is 168 Å². The second-order valence-corrected chi connectivity index (χ2v) is 8.71. The lowest BCUT2D eigenvalue weighted by Gasteiger charge is -2.37. The minimum absolute atomic E-state index is 0.327. The lowest BCUT2D eigenvalue weighted by molar-refractivity contribution is 0.110. The SMILES string of the molecule is CC1(C)CCCN(Cc2cc(CNCCc3cccc4c3OCO4)ccn2)C1. The van der Waals surface area contributed by atoms with Crippen LogP contribution in [0.3, 0.4) is 0 Å². The van der Waals surface area contributed by atoms with Crippen molar-refractivity contribution in [3.8, 4) is 11.5 Å². The first-order chi connectivity index (χ1) is 13.6. The third-order valence-corrected chi connectivity index (χ3v) is 5.62. The monoisotopic (exact) mass is 381 g/mol. The van der Waals surface area contributed by atoms with Crippen molar-refractivity contribution in [1.82, 2.24) is 15.2 Å². The molecule has 0 bridgehead atoms. The van der Waals surface area contributed by atoms with Gasteiger partial charge in [0, 0.05) is 25.8 Å². The number of aromatic nitrogens is 1. The zero-order chi connectivity index (χ0) is 19.4. The van der Waals surface area contributed by atoms with Gasteiger partial charge in [0.15, 0.2) is 11.5 Å². The first-order valence-electron chi connectivity index (χ1n) is 10.3. The number of hydrogen-bond acceptors (Lipinski definition) is 5. The van der Waals surface area contributed by atoms with Gasteiger partial charge >= 0.3 is 0 Å². The molecule has 0 amide bonds. The average Bonchev–Trinajstić information content (AvgIpc) is 3.14. The van der Waals surface area contributed by atoms with Crippen molar-refractivity contribution in [1.29, 1.82) is 0 Å². The Bertz CT molecular complexity index is 806. The number of pyridine rings is 1. The maximum atomic E-state index is 5.58. The third-order valence-electron chi connectivity index (χ3n) is 5.62. The van der Waals surface area contributed by atoms with E-state index in [1.54, 1.807) is 0 Å². The van der Waals surface area contributed by atoms with Crippen LogP contribution in [0.25, 0.3) is 0 Å². The van der Waals surface area contributed by atoms with E-state index in [2.05, 4.69) is 47.2 Å². The number of fused-ring (bicyclic) bond motifs is 1. The first-order valence-corrected chi connectivity index (χ1v) is 10.3. The molecule has 1 aromatic carbocycles. The van der Waals surface area contributed by atoms with Gasteiger partial charge in [-0.15, -0.1) is 0 Å². The van der Waals surface area contributed by atoms with Gasteiger partial charge in [-0.05, 0) is 67.1 Å². The number of likely N-dealkylation sites (tertiary alicyclic amines) is 1. The topological polar surface area (TPSA) is 46.6 Å². The number of hydrogen-bond donors (Lipinski definition) is 1. The van der Waals surface area contributed by atoms with Gasteiger partial charge in [0.1, 0.15) is 0 Å².